The van der Waals surface area contributed by atoms with Crippen LogP contribution in [-0.2, 0) is 7.05 Å². The summed E-state index contributed by atoms with van der Waals surface area (Å²) in [7, 11) is 2.01. The third-order valence-electron chi connectivity index (χ3n) is 4.07. The van der Waals surface area contributed by atoms with Crippen molar-refractivity contribution in [1.29, 1.82) is 0 Å². The molecule has 0 unspecified atom stereocenters. The SMILES string of the molecule is [2H]C([2H])([2H])c1cccc2c1c1cccc(C)c1c1n2cc[n+]1C. The van der Waals surface area contributed by atoms with Crippen molar-refractivity contribution in [2.75, 3.05) is 0 Å². The highest BCUT2D eigenvalue weighted by Gasteiger charge is 2.19. The number of rotatable bonds is 0. The predicted octanol–water partition coefficient (Wildman–Crippen LogP) is 3.69. The molecule has 0 amide bonds. The molecule has 0 N–H and O–H groups in total. The van der Waals surface area contributed by atoms with E-state index in [1.807, 2.05) is 43.7 Å². The number of aryl methyl sites for hydroxylation is 3. The standard InChI is InChI=1S/C18H17N2/c1-12-7-5-9-15-16(12)14-8-4-6-13(2)17(14)18-19(3)10-11-20(15)18/h4-11H,1-3H3/q+1/i1D3. The van der Waals surface area contributed by atoms with Gasteiger partial charge in [-0.3, -0.25) is 0 Å². The lowest BCUT2D eigenvalue weighted by molar-refractivity contribution is -0.643. The Morgan fingerprint density at radius 3 is 2.70 bits per heavy atom. The summed E-state index contributed by atoms with van der Waals surface area (Å²) in [5, 5.41) is 2.91. The molecule has 0 aliphatic heterocycles. The van der Waals surface area contributed by atoms with Crippen molar-refractivity contribution in [2.24, 2.45) is 7.05 Å². The highest BCUT2D eigenvalue weighted by molar-refractivity contribution is 6.13. The molecule has 0 bridgehead atoms. The van der Waals surface area contributed by atoms with Gasteiger partial charge in [-0.1, -0.05) is 30.3 Å². The zero-order valence-electron chi connectivity index (χ0n) is 14.5. The van der Waals surface area contributed by atoms with Crippen molar-refractivity contribution in [3.63, 3.8) is 0 Å². The highest BCUT2D eigenvalue weighted by Crippen LogP contribution is 2.32. The number of hydrogen-bond acceptors (Lipinski definition) is 0. The average molecular weight is 264 g/mol. The summed E-state index contributed by atoms with van der Waals surface area (Å²) in [4.78, 5) is 0. The Morgan fingerprint density at radius 1 is 1.05 bits per heavy atom. The molecule has 0 atom stereocenters. The molecule has 0 aliphatic carbocycles. The van der Waals surface area contributed by atoms with Gasteiger partial charge in [-0.25, -0.2) is 4.57 Å². The van der Waals surface area contributed by atoms with Gasteiger partial charge < -0.3 is 0 Å². The van der Waals surface area contributed by atoms with E-state index in [0.29, 0.717) is 5.56 Å². The van der Waals surface area contributed by atoms with Gasteiger partial charge in [-0.15, -0.1) is 0 Å². The van der Waals surface area contributed by atoms with Crippen LogP contribution >= 0.6 is 0 Å². The van der Waals surface area contributed by atoms with E-state index < -0.39 is 6.85 Å². The van der Waals surface area contributed by atoms with E-state index in [0.717, 1.165) is 32.9 Å². The number of benzene rings is 2. The Hall–Kier alpha value is -2.35. The quantitative estimate of drug-likeness (QED) is 0.338. The van der Waals surface area contributed by atoms with Crippen LogP contribution in [0.5, 0.6) is 0 Å². The molecule has 98 valence electrons. The van der Waals surface area contributed by atoms with Gasteiger partial charge in [0.1, 0.15) is 17.9 Å². The van der Waals surface area contributed by atoms with E-state index in [4.69, 9.17) is 4.11 Å². The second-order valence-corrected chi connectivity index (χ2v) is 5.30. The first-order valence-corrected chi connectivity index (χ1v) is 6.71. The lowest BCUT2D eigenvalue weighted by Crippen LogP contribution is -2.26. The molecule has 20 heavy (non-hydrogen) atoms. The first-order chi connectivity index (χ1) is 10.9. The molecule has 0 saturated carbocycles. The maximum Gasteiger partial charge on any atom is 0.294 e. The van der Waals surface area contributed by atoms with E-state index in [9.17, 15) is 0 Å². The number of imidazole rings is 1. The molecular weight excluding hydrogens is 244 g/mol. The molecule has 2 nitrogen and oxygen atoms in total. The Balaban J connectivity index is 2.42. The molecule has 0 fully saturated rings. The van der Waals surface area contributed by atoms with Crippen molar-refractivity contribution in [3.05, 3.63) is 59.9 Å². The van der Waals surface area contributed by atoms with E-state index in [1.54, 1.807) is 6.07 Å². The number of pyridine rings is 1. The molecule has 0 radical (unpaired) electrons. The molecule has 2 aromatic carbocycles. The van der Waals surface area contributed by atoms with E-state index in [1.165, 1.54) is 0 Å². The van der Waals surface area contributed by atoms with Gasteiger partial charge in [0.2, 0.25) is 0 Å². The Kier molecular flexibility index (Phi) is 1.67. The summed E-state index contributed by atoms with van der Waals surface area (Å²) >= 11 is 0. The minimum absolute atomic E-state index is 0.406. The van der Waals surface area contributed by atoms with Crippen molar-refractivity contribution in [2.45, 2.75) is 13.8 Å². The molecule has 0 aliphatic rings. The van der Waals surface area contributed by atoms with E-state index in [-0.39, 0.29) is 0 Å². The van der Waals surface area contributed by atoms with Gasteiger partial charge in [-0.2, -0.15) is 4.40 Å². The molecular formula is C18H17N2+. The summed E-state index contributed by atoms with van der Waals surface area (Å²) in [5.74, 6) is 0. The molecule has 2 aromatic heterocycles. The smallest absolute Gasteiger partial charge is 0.232 e. The molecule has 2 heteroatoms. The number of hydrogen-bond donors (Lipinski definition) is 0. The summed E-state index contributed by atoms with van der Waals surface area (Å²) < 4.78 is 27.9. The van der Waals surface area contributed by atoms with Gasteiger partial charge >= 0.3 is 0 Å². The van der Waals surface area contributed by atoms with Crippen molar-refractivity contribution in [3.8, 4) is 0 Å². The van der Waals surface area contributed by atoms with Crippen molar-refractivity contribution >= 4 is 27.3 Å². The maximum atomic E-state index is 7.92. The summed E-state index contributed by atoms with van der Waals surface area (Å²) in [6.45, 7) is -0.0711. The normalized spacial score (nSPS) is 14.6. The second kappa shape index (κ2) is 3.83. The van der Waals surface area contributed by atoms with Crippen molar-refractivity contribution < 1.29 is 8.68 Å². The minimum Gasteiger partial charge on any atom is -0.232 e. The van der Waals surface area contributed by atoms with Crippen molar-refractivity contribution in [1.82, 2.24) is 4.40 Å². The lowest BCUT2D eigenvalue weighted by Gasteiger charge is -2.08. The largest absolute Gasteiger partial charge is 0.294 e. The maximum absolute atomic E-state index is 7.92. The number of nitrogens with zero attached hydrogens (tertiary/aromatic N) is 2. The van der Waals surface area contributed by atoms with Gasteiger partial charge in [-0.05, 0) is 31.0 Å². The highest BCUT2D eigenvalue weighted by atomic mass is 15.1. The van der Waals surface area contributed by atoms with Gasteiger partial charge in [0.15, 0.2) is 0 Å². The third-order valence-corrected chi connectivity index (χ3v) is 4.07. The monoisotopic (exact) mass is 264 g/mol. The molecule has 0 saturated heterocycles. The first-order valence-electron chi connectivity index (χ1n) is 8.21. The van der Waals surface area contributed by atoms with Gasteiger partial charge in [0, 0.05) is 14.9 Å². The van der Waals surface area contributed by atoms with Crippen LogP contribution < -0.4 is 4.57 Å². The van der Waals surface area contributed by atoms with Crippen LogP contribution in [0.2, 0.25) is 0 Å². The van der Waals surface area contributed by atoms with Gasteiger partial charge in [0.05, 0.1) is 12.4 Å². The lowest BCUT2D eigenvalue weighted by atomic mass is 9.99. The molecule has 0 spiro atoms. The topological polar surface area (TPSA) is 8.29 Å². The summed E-state index contributed by atoms with van der Waals surface area (Å²) in [5.41, 5.74) is 3.55. The zero-order chi connectivity index (χ0) is 16.4. The second-order valence-electron chi connectivity index (χ2n) is 5.30. The van der Waals surface area contributed by atoms with E-state index in [2.05, 4.69) is 22.0 Å². The minimum atomic E-state index is -2.14. The molecule has 2 heterocycles. The molecule has 4 aromatic rings. The summed E-state index contributed by atoms with van der Waals surface area (Å²) in [6, 6.07) is 11.6. The average Bonchev–Trinajstić information content (AvgIpc) is 2.88. The number of aromatic nitrogens is 2. The van der Waals surface area contributed by atoms with Crippen LogP contribution in [0, 0.1) is 13.8 Å². The summed E-state index contributed by atoms with van der Waals surface area (Å²) in [6.07, 6.45) is 4.00. The fourth-order valence-electron chi connectivity index (χ4n) is 3.17. The fraction of sp³-hybridized carbons (Fsp3) is 0.167. The van der Waals surface area contributed by atoms with E-state index >= 15 is 0 Å². The Bertz CT molecular complexity index is 1070. The Labute approximate surface area is 122 Å². The number of fused-ring (bicyclic) bond motifs is 6. The van der Waals surface area contributed by atoms with Crippen LogP contribution in [0.25, 0.3) is 27.3 Å². The Morgan fingerprint density at radius 2 is 1.85 bits per heavy atom. The van der Waals surface area contributed by atoms with Crippen LogP contribution in [0.15, 0.2) is 48.8 Å². The molecule has 4 rings (SSSR count). The van der Waals surface area contributed by atoms with Crippen LogP contribution in [-0.4, -0.2) is 4.40 Å². The first kappa shape index (κ1) is 8.75. The fourth-order valence-corrected chi connectivity index (χ4v) is 3.17. The zero-order valence-corrected chi connectivity index (χ0v) is 11.5. The predicted molar refractivity (Wildman–Crippen MR) is 83.1 cm³/mol. The van der Waals surface area contributed by atoms with Gasteiger partial charge in [0.25, 0.3) is 5.65 Å². The third kappa shape index (κ3) is 1.31. The van der Waals surface area contributed by atoms with Crippen LogP contribution in [0.3, 0.4) is 0 Å². The van der Waals surface area contributed by atoms with Crippen LogP contribution in [0.1, 0.15) is 15.2 Å². The van der Waals surface area contributed by atoms with Crippen LogP contribution in [0.4, 0.5) is 0 Å².